The van der Waals surface area contributed by atoms with E-state index >= 15 is 0 Å². The Morgan fingerprint density at radius 2 is 1.77 bits per heavy atom. The molecule has 0 radical (unpaired) electrons. The van der Waals surface area contributed by atoms with E-state index in [1.165, 1.54) is 17.5 Å². The minimum absolute atomic E-state index is 0.0104. The summed E-state index contributed by atoms with van der Waals surface area (Å²) in [4.78, 5) is 22.1. The number of likely N-dealkylation sites (tertiary alicyclic amines) is 1. The highest BCUT2D eigenvalue weighted by atomic mass is 16.5. The van der Waals surface area contributed by atoms with Gasteiger partial charge in [0.15, 0.2) is 0 Å². The maximum atomic E-state index is 13.3. The minimum Gasteiger partial charge on any atom is -0.497 e. The van der Waals surface area contributed by atoms with Gasteiger partial charge in [-0.2, -0.15) is 0 Å². The number of carbonyl (C=O) groups excluding carboxylic acids is 1. The van der Waals surface area contributed by atoms with E-state index in [1.807, 2.05) is 36.2 Å². The Hall–Kier alpha value is -3.18. The molecule has 1 aromatic heterocycles. The van der Waals surface area contributed by atoms with Crippen molar-refractivity contribution in [1.29, 1.82) is 0 Å². The number of carbonyl (C=O) groups is 1. The Morgan fingerprint density at radius 1 is 1.03 bits per heavy atom. The molecule has 0 saturated carbocycles. The van der Waals surface area contributed by atoms with Crippen LogP contribution >= 0.6 is 0 Å². The Bertz CT molecular complexity index is 1050. The molecule has 0 bridgehead atoms. The van der Waals surface area contributed by atoms with E-state index in [-0.39, 0.29) is 11.9 Å². The van der Waals surface area contributed by atoms with Gasteiger partial charge in [0.2, 0.25) is 0 Å². The maximum absolute atomic E-state index is 13.3. The maximum Gasteiger partial charge on any atom is 0.272 e. The number of aryl methyl sites for hydroxylation is 1. The van der Waals surface area contributed by atoms with E-state index < -0.39 is 0 Å². The number of methoxy groups -OCH3 is 1. The lowest BCUT2D eigenvalue weighted by Gasteiger charge is -2.40. The molecule has 5 nitrogen and oxygen atoms in total. The molecule has 1 saturated heterocycles. The number of pyridine rings is 1. The average Bonchev–Trinajstić information content (AvgIpc) is 2.92. The Balaban J connectivity index is 1.40. The van der Waals surface area contributed by atoms with Gasteiger partial charge in [-0.25, -0.2) is 0 Å². The van der Waals surface area contributed by atoms with E-state index in [0.717, 1.165) is 51.1 Å². The highest BCUT2D eigenvalue weighted by molar-refractivity contribution is 5.92. The normalized spacial score (nSPS) is 15.5. The van der Waals surface area contributed by atoms with Crippen molar-refractivity contribution in [3.63, 3.8) is 0 Å². The number of benzene rings is 2. The predicted molar refractivity (Wildman–Crippen MR) is 141 cm³/mol. The Morgan fingerprint density at radius 3 is 2.49 bits per heavy atom. The minimum atomic E-state index is -0.0104. The number of rotatable bonds is 10. The van der Waals surface area contributed by atoms with Crippen LogP contribution in [0.25, 0.3) is 0 Å². The average molecular weight is 472 g/mol. The van der Waals surface area contributed by atoms with Crippen molar-refractivity contribution in [2.75, 3.05) is 33.8 Å². The summed E-state index contributed by atoms with van der Waals surface area (Å²) in [6, 6.07) is 24.6. The monoisotopic (exact) mass is 471 g/mol. The third-order valence-corrected chi connectivity index (χ3v) is 7.24. The third-order valence-electron chi connectivity index (χ3n) is 7.24. The smallest absolute Gasteiger partial charge is 0.272 e. The lowest BCUT2D eigenvalue weighted by molar-refractivity contribution is 0.0584. The molecule has 0 unspecified atom stereocenters. The van der Waals surface area contributed by atoms with Crippen LogP contribution in [-0.4, -0.2) is 60.5 Å². The number of aromatic nitrogens is 1. The zero-order valence-corrected chi connectivity index (χ0v) is 21.0. The fourth-order valence-electron chi connectivity index (χ4n) is 5.19. The van der Waals surface area contributed by atoms with Gasteiger partial charge in [-0.05, 0) is 93.0 Å². The summed E-state index contributed by atoms with van der Waals surface area (Å²) >= 11 is 0. The van der Waals surface area contributed by atoms with Gasteiger partial charge < -0.3 is 14.5 Å². The summed E-state index contributed by atoms with van der Waals surface area (Å²) in [7, 11) is 3.63. The lowest BCUT2D eigenvalue weighted by Crippen LogP contribution is -2.47. The van der Waals surface area contributed by atoms with Crippen molar-refractivity contribution in [2.45, 2.75) is 38.1 Å². The van der Waals surface area contributed by atoms with E-state index in [2.05, 4.69) is 52.3 Å². The first-order valence-electron chi connectivity index (χ1n) is 12.7. The Labute approximate surface area is 209 Å². The number of nitrogens with zero attached hydrogens (tertiary/aromatic N) is 3. The molecule has 1 amide bonds. The molecular weight excluding hydrogens is 434 g/mol. The van der Waals surface area contributed by atoms with Gasteiger partial charge in [0, 0.05) is 19.3 Å². The van der Waals surface area contributed by atoms with Crippen molar-refractivity contribution in [3.8, 4) is 5.75 Å². The zero-order valence-electron chi connectivity index (χ0n) is 21.0. The number of amides is 1. The van der Waals surface area contributed by atoms with Crippen LogP contribution in [0.3, 0.4) is 0 Å². The van der Waals surface area contributed by atoms with Crippen molar-refractivity contribution >= 4 is 5.91 Å². The predicted octanol–water partition coefficient (Wildman–Crippen LogP) is 5.12. The van der Waals surface area contributed by atoms with E-state index in [4.69, 9.17) is 4.74 Å². The number of likely N-dealkylation sites (N-methyl/N-ethyl adjacent to an activating group) is 1. The first kappa shape index (κ1) is 24.9. The fourth-order valence-corrected chi connectivity index (χ4v) is 5.19. The van der Waals surface area contributed by atoms with Crippen LogP contribution in [0, 0.1) is 5.92 Å². The van der Waals surface area contributed by atoms with E-state index in [9.17, 15) is 4.79 Å². The number of hydrogen-bond donors (Lipinski definition) is 0. The summed E-state index contributed by atoms with van der Waals surface area (Å²) in [6.45, 7) is 3.30. The standard InChI is InChI=1S/C30H37N3O2/c1-32(30(34)28-15-6-7-18-31-28)29(23-25-12-8-14-27(22-25)35-2)26-16-20-33(21-17-26)19-9-13-24-10-4-3-5-11-24/h3-8,10-12,14-15,18,22,26,29H,9,13,16-17,19-21,23H2,1-2H3/t29-/m0/s1. The summed E-state index contributed by atoms with van der Waals surface area (Å²) in [5.74, 6) is 1.29. The molecule has 1 aliphatic rings. The van der Waals surface area contributed by atoms with Gasteiger partial charge >= 0.3 is 0 Å². The van der Waals surface area contributed by atoms with Gasteiger partial charge in [-0.3, -0.25) is 9.78 Å². The molecule has 2 aromatic carbocycles. The molecule has 0 N–H and O–H groups in total. The molecule has 1 aliphatic heterocycles. The van der Waals surface area contributed by atoms with Crippen LogP contribution in [0.5, 0.6) is 5.75 Å². The van der Waals surface area contributed by atoms with Crippen molar-refractivity contribution in [1.82, 2.24) is 14.8 Å². The lowest BCUT2D eigenvalue weighted by atomic mass is 9.84. The van der Waals surface area contributed by atoms with Gasteiger partial charge in [0.05, 0.1) is 7.11 Å². The number of piperidine rings is 1. The van der Waals surface area contributed by atoms with Crippen molar-refractivity contribution in [3.05, 3.63) is 95.8 Å². The van der Waals surface area contributed by atoms with Crippen LogP contribution in [0.15, 0.2) is 79.0 Å². The molecule has 4 rings (SSSR count). The molecule has 0 spiro atoms. The van der Waals surface area contributed by atoms with Crippen molar-refractivity contribution < 1.29 is 9.53 Å². The molecule has 1 atom stereocenters. The number of ether oxygens (including phenoxy) is 1. The summed E-state index contributed by atoms with van der Waals surface area (Å²) in [5, 5.41) is 0. The second-order valence-corrected chi connectivity index (χ2v) is 9.52. The van der Waals surface area contributed by atoms with Gasteiger partial charge in [0.25, 0.3) is 5.91 Å². The van der Waals surface area contributed by atoms with Crippen LogP contribution in [0.1, 0.15) is 40.9 Å². The van der Waals surface area contributed by atoms with E-state index in [1.54, 1.807) is 19.4 Å². The highest BCUT2D eigenvalue weighted by Crippen LogP contribution is 2.28. The molecule has 1 fully saturated rings. The second kappa shape index (κ2) is 12.5. The Kier molecular flexibility index (Phi) is 8.90. The van der Waals surface area contributed by atoms with Crippen LogP contribution in [0.2, 0.25) is 0 Å². The second-order valence-electron chi connectivity index (χ2n) is 9.52. The van der Waals surface area contributed by atoms with Crippen molar-refractivity contribution in [2.24, 2.45) is 5.92 Å². The van der Waals surface area contributed by atoms with Crippen LogP contribution in [-0.2, 0) is 12.8 Å². The highest BCUT2D eigenvalue weighted by Gasteiger charge is 2.32. The quantitative estimate of drug-likeness (QED) is 0.412. The fraction of sp³-hybridized carbons (Fsp3) is 0.400. The van der Waals surface area contributed by atoms with E-state index in [0.29, 0.717) is 11.6 Å². The molecule has 184 valence electrons. The van der Waals surface area contributed by atoms with Gasteiger partial charge in [-0.15, -0.1) is 0 Å². The molecular formula is C30H37N3O2. The molecule has 35 heavy (non-hydrogen) atoms. The number of hydrogen-bond acceptors (Lipinski definition) is 4. The molecule has 3 aromatic rings. The molecule has 0 aliphatic carbocycles. The van der Waals surface area contributed by atoms with Crippen LogP contribution < -0.4 is 4.74 Å². The van der Waals surface area contributed by atoms with Crippen LogP contribution in [0.4, 0.5) is 0 Å². The first-order chi connectivity index (χ1) is 17.1. The molecule has 2 heterocycles. The first-order valence-corrected chi connectivity index (χ1v) is 12.7. The summed E-state index contributed by atoms with van der Waals surface area (Å²) < 4.78 is 5.45. The van der Waals surface area contributed by atoms with Gasteiger partial charge in [0.1, 0.15) is 11.4 Å². The largest absolute Gasteiger partial charge is 0.497 e. The summed E-state index contributed by atoms with van der Waals surface area (Å²) in [5.41, 5.74) is 3.11. The third kappa shape index (κ3) is 6.92. The summed E-state index contributed by atoms with van der Waals surface area (Å²) in [6.07, 6.45) is 7.00. The molecule has 5 heteroatoms. The van der Waals surface area contributed by atoms with Gasteiger partial charge in [-0.1, -0.05) is 48.5 Å². The topological polar surface area (TPSA) is 45.7 Å². The SMILES string of the molecule is COc1cccc(C[C@@H](C2CCN(CCCc3ccccc3)CC2)N(C)C(=O)c2ccccn2)c1. The zero-order chi connectivity index (χ0) is 24.5.